The van der Waals surface area contributed by atoms with Crippen LogP contribution in [0.3, 0.4) is 0 Å². The van der Waals surface area contributed by atoms with Crippen LogP contribution in [0.1, 0.15) is 116 Å². The summed E-state index contributed by atoms with van der Waals surface area (Å²) in [7, 11) is -1.98. The van der Waals surface area contributed by atoms with E-state index in [1.165, 1.54) is 0 Å². The van der Waals surface area contributed by atoms with Crippen LogP contribution >= 0.6 is 7.92 Å². The lowest BCUT2D eigenvalue weighted by Crippen LogP contribution is -2.58. The number of benzene rings is 5. The molecule has 452 valence electrons. The van der Waals surface area contributed by atoms with Gasteiger partial charge in [-0.05, 0) is 43.0 Å². The Morgan fingerprint density at radius 2 is 0.702 bits per heavy atom. The molecule has 5 aromatic carbocycles. The van der Waals surface area contributed by atoms with Crippen LogP contribution in [0.15, 0.2) is 53.6 Å². The topological polar surface area (TPSA) is 0 Å². The van der Waals surface area contributed by atoms with Gasteiger partial charge in [-0.1, -0.05) is 75.0 Å². The SMILES string of the molecule is CCCC[PH+](CC(C)CCC)c1cc(F)c(F)c(C(F)(F)C(F)(F)F)c1F.FC1=C(F)[CH]([Al-]([CH]2C(F)=C(F)c3c2cc(F)c(F)c3F)([CH]2C(F)=C(F)c3c2cc(F)c(F)c3F)[CH]2C(F)=C(F)c3c2cc(F)c(F)c3F)c2cc(F)c(F)c(F)c21. The highest BCUT2D eigenvalue weighted by atomic mass is 31.1. The van der Waals surface area contributed by atoms with Gasteiger partial charge in [0.15, 0.2) is 111 Å². The molecule has 0 nitrogen and oxygen atoms in total. The maximum absolute atomic E-state index is 17.0. The zero-order valence-corrected chi connectivity index (χ0v) is 44.3. The molecule has 0 aromatic heterocycles. The van der Waals surface area contributed by atoms with Crippen LogP contribution in [0.5, 0.6) is 0 Å². The first kappa shape index (κ1) is 64.1. The summed E-state index contributed by atoms with van der Waals surface area (Å²) in [5, 5.41) is -0.519. The first-order valence-electron chi connectivity index (χ1n) is 24.6. The maximum Gasteiger partial charge on any atom is 0.458 e. The van der Waals surface area contributed by atoms with E-state index in [-0.39, 0.29) is 30.2 Å². The van der Waals surface area contributed by atoms with Crippen LogP contribution in [0.25, 0.3) is 23.3 Å². The Bertz CT molecular complexity index is 3360. The van der Waals surface area contributed by atoms with Crippen LogP contribution in [0.2, 0.25) is 0 Å². The van der Waals surface area contributed by atoms with Crippen molar-refractivity contribution in [2.75, 3.05) is 12.3 Å². The summed E-state index contributed by atoms with van der Waals surface area (Å²) in [5.74, 6) is -64.8. The van der Waals surface area contributed by atoms with Crippen molar-refractivity contribution < 1.29 is 123 Å². The summed E-state index contributed by atoms with van der Waals surface area (Å²) in [5.41, 5.74) is -17.7. The van der Waals surface area contributed by atoms with Gasteiger partial charge in [-0.25, -0.2) is 101 Å². The van der Waals surface area contributed by atoms with E-state index in [9.17, 15) is 52.7 Å². The molecule has 84 heavy (non-hydrogen) atoms. The molecule has 0 radical (unpaired) electrons. The van der Waals surface area contributed by atoms with E-state index in [1.807, 2.05) is 20.8 Å². The third kappa shape index (κ3) is 9.53. The molecule has 0 saturated heterocycles. The molecule has 6 unspecified atom stereocenters. The zero-order chi connectivity index (χ0) is 62.8. The normalized spacial score (nSPS) is 19.9. The third-order valence-corrected chi connectivity index (χ3v) is 26.1. The van der Waals surface area contributed by atoms with Crippen molar-refractivity contribution in [2.45, 2.75) is 77.7 Å². The van der Waals surface area contributed by atoms with Crippen molar-refractivity contribution in [3.8, 4) is 0 Å². The fourth-order valence-electron chi connectivity index (χ4n) is 12.3. The number of halogens is 28. The lowest BCUT2D eigenvalue weighted by molar-refractivity contribution is -0.291. The van der Waals surface area contributed by atoms with Crippen molar-refractivity contribution in [1.82, 2.24) is 0 Å². The summed E-state index contributed by atoms with van der Waals surface area (Å²) in [4.78, 5) is 0. The Morgan fingerprint density at radius 3 is 0.976 bits per heavy atom. The molecule has 0 spiro atoms. The molecule has 30 heteroatoms. The van der Waals surface area contributed by atoms with E-state index >= 15 is 70.2 Å². The summed E-state index contributed by atoms with van der Waals surface area (Å²) in [6.45, 7) is 5.64. The number of hydrogen-bond donors (Lipinski definition) is 0. The second-order valence-electron chi connectivity index (χ2n) is 20.3. The Hall–Kier alpha value is -5.94. The first-order chi connectivity index (χ1) is 39.0. The monoisotopic (exact) mass is 1270 g/mol. The van der Waals surface area contributed by atoms with Gasteiger partial charge in [0.2, 0.25) is 13.1 Å². The van der Waals surface area contributed by atoms with E-state index in [0.29, 0.717) is 31.2 Å². The quantitative estimate of drug-likeness (QED) is 0.0362. The predicted molar refractivity (Wildman–Crippen MR) is 251 cm³/mol. The van der Waals surface area contributed by atoms with Gasteiger partial charge < -0.3 is 0 Å². The van der Waals surface area contributed by atoms with Crippen molar-refractivity contribution in [1.29, 1.82) is 0 Å². The molecule has 0 heterocycles. The zero-order valence-electron chi connectivity index (χ0n) is 42.2. The van der Waals surface area contributed by atoms with Crippen LogP contribution < -0.4 is 5.30 Å². The average molecular weight is 1270 g/mol. The second kappa shape index (κ2) is 22.7. The fourth-order valence-corrected chi connectivity index (χ4v) is 24.1. The highest BCUT2D eigenvalue weighted by Gasteiger charge is 2.68. The van der Waals surface area contributed by atoms with E-state index < -0.39 is 241 Å². The average Bonchev–Trinajstić information content (AvgIpc) is 2.53. The van der Waals surface area contributed by atoms with Crippen LogP contribution in [0, 0.1) is 93.2 Å². The van der Waals surface area contributed by atoms with E-state index in [4.69, 9.17) is 0 Å². The van der Waals surface area contributed by atoms with Crippen molar-refractivity contribution in [3.63, 3.8) is 0 Å². The highest BCUT2D eigenvalue weighted by Crippen LogP contribution is 2.71. The summed E-state index contributed by atoms with van der Waals surface area (Å²) >= 11 is -7.79. The van der Waals surface area contributed by atoms with Gasteiger partial charge in [-0.2, -0.15) is 22.0 Å². The summed E-state index contributed by atoms with van der Waals surface area (Å²) in [6, 6.07) is -0.934. The standard InChI is InChI=1S/C18H23F8P.4C9H2F5.Al/c1-4-6-8-27(10-11(3)7-5-2)13-9-12(19)15(20)14(16(13)21)17(22,23)18(24,25)26;4*10-4-1-3-2-5(11)8(13)9(14)6(3)7(4)12;/h9,11H,4-8,10H2,1-3H3;4*1-2H;/q;;;;;-1/p+1. The van der Waals surface area contributed by atoms with Gasteiger partial charge in [-0.3, -0.25) is 0 Å². The molecule has 4 aliphatic carbocycles. The lowest BCUT2D eigenvalue weighted by atomic mass is 10.1. The molecule has 4 aliphatic rings. The molecule has 0 N–H and O–H groups in total. The number of unbranched alkanes of at least 4 members (excludes halogenated alkanes) is 1. The Labute approximate surface area is 458 Å². The van der Waals surface area contributed by atoms with Crippen LogP contribution in [-0.4, -0.2) is 31.6 Å². The van der Waals surface area contributed by atoms with Crippen molar-refractivity contribution in [3.05, 3.63) is 191 Å². The molecule has 0 amide bonds. The molecule has 0 saturated carbocycles. The maximum atomic E-state index is 17.0. The molecule has 9 rings (SSSR count). The number of allylic oxidation sites excluding steroid dienone is 4. The van der Waals surface area contributed by atoms with Gasteiger partial charge in [-0.15, -0.1) is 0 Å². The van der Waals surface area contributed by atoms with Gasteiger partial charge in [0, 0.05) is 14.0 Å². The minimum Gasteiger partial charge on any atom is -0.212 e. The van der Waals surface area contributed by atoms with Gasteiger partial charge in [0.05, 0.1) is 34.6 Å². The van der Waals surface area contributed by atoms with Crippen LogP contribution in [0.4, 0.5) is 123 Å². The smallest absolute Gasteiger partial charge is 0.212 e. The Kier molecular flexibility index (Phi) is 17.3. The van der Waals surface area contributed by atoms with E-state index in [0.717, 1.165) is 12.8 Å². The molecule has 6 atom stereocenters. The first-order valence-corrected chi connectivity index (χ1v) is 29.2. The summed E-state index contributed by atoms with van der Waals surface area (Å²) < 4.78 is 405. The van der Waals surface area contributed by atoms with Crippen molar-refractivity contribution in [2.24, 2.45) is 5.92 Å². The minimum absolute atomic E-state index is 0.0693. The number of alkyl halides is 5. The number of fused-ring (bicyclic) bond motifs is 4. The Morgan fingerprint density at radius 1 is 0.405 bits per heavy atom. The largest absolute Gasteiger partial charge is 0.458 e. The number of hydrogen-bond acceptors (Lipinski definition) is 0. The molecule has 0 aliphatic heterocycles. The van der Waals surface area contributed by atoms with E-state index in [2.05, 4.69) is 0 Å². The molecular weight excluding hydrogens is 1240 g/mol. The Balaban J connectivity index is 0.000000288. The molecule has 0 fully saturated rings. The number of rotatable bonds is 13. The lowest BCUT2D eigenvalue weighted by Gasteiger charge is -2.54. The summed E-state index contributed by atoms with van der Waals surface area (Å²) in [6.07, 6.45) is -2.58. The third-order valence-electron chi connectivity index (χ3n) is 15.6. The van der Waals surface area contributed by atoms with E-state index in [1.54, 1.807) is 0 Å². The highest BCUT2D eigenvalue weighted by molar-refractivity contribution is 7.65. The molecule has 0 bridgehead atoms. The second-order valence-corrected chi connectivity index (χ2v) is 27.9. The van der Waals surface area contributed by atoms with Gasteiger partial charge in [0.1, 0.15) is 34.2 Å². The predicted octanol–water partition coefficient (Wildman–Crippen LogP) is 19.7. The van der Waals surface area contributed by atoms with Gasteiger partial charge in [0.25, 0.3) is 0 Å². The fraction of sp³-hybridized carbons (Fsp3) is 0.296. The molecular formula is C54H32AlF28P. The van der Waals surface area contributed by atoms with Crippen LogP contribution in [-0.2, 0) is 5.92 Å². The van der Waals surface area contributed by atoms with Gasteiger partial charge >= 0.3 is 12.1 Å². The van der Waals surface area contributed by atoms with Crippen molar-refractivity contribution >= 4 is 49.6 Å². The molecule has 5 aromatic rings. The minimum atomic E-state index is -7.79.